The lowest BCUT2D eigenvalue weighted by Gasteiger charge is -2.33. The third-order valence-corrected chi connectivity index (χ3v) is 3.73. The van der Waals surface area contributed by atoms with Crippen LogP contribution in [-0.2, 0) is 11.2 Å². The first-order chi connectivity index (χ1) is 8.56. The van der Waals surface area contributed by atoms with Crippen LogP contribution in [0.15, 0.2) is 6.07 Å². The number of likely N-dealkylation sites (tertiary alicyclic amines) is 1. The highest BCUT2D eigenvalue weighted by atomic mass is 35.5. The maximum absolute atomic E-state index is 12.1. The Morgan fingerprint density at radius 1 is 1.58 bits per heavy atom. The van der Waals surface area contributed by atoms with Crippen molar-refractivity contribution in [3.05, 3.63) is 17.5 Å². The maximum Gasteiger partial charge on any atom is 0.228 e. The van der Waals surface area contributed by atoms with Crippen LogP contribution in [0.3, 0.4) is 0 Å². The molecule has 6 heteroatoms. The summed E-state index contributed by atoms with van der Waals surface area (Å²) in [5, 5.41) is 6.96. The summed E-state index contributed by atoms with van der Waals surface area (Å²) >= 11 is 0. The molecule has 1 aromatic rings. The number of nitrogens with zero attached hydrogens (tertiary/aromatic N) is 2. The number of nitrogens with one attached hydrogen (secondary N) is 1. The molecule has 1 saturated heterocycles. The number of aromatic nitrogens is 2. The normalized spacial score (nSPS) is 17.9. The fraction of sp³-hybridized carbons (Fsp3) is 0.692. The number of H-pyrrole nitrogens is 1. The van der Waals surface area contributed by atoms with E-state index in [1.165, 1.54) is 0 Å². The number of hydrogen-bond acceptors (Lipinski definition) is 3. The number of amides is 1. The molecule has 2 heterocycles. The Labute approximate surface area is 120 Å². The molecule has 1 aliphatic rings. The third kappa shape index (κ3) is 4.21. The average Bonchev–Trinajstić information content (AvgIpc) is 2.75. The monoisotopic (exact) mass is 286 g/mol. The Kier molecular flexibility index (Phi) is 5.82. The second-order valence-electron chi connectivity index (χ2n) is 5.30. The third-order valence-electron chi connectivity index (χ3n) is 3.73. The van der Waals surface area contributed by atoms with E-state index in [-0.39, 0.29) is 24.4 Å². The zero-order valence-corrected chi connectivity index (χ0v) is 12.4. The van der Waals surface area contributed by atoms with Crippen LogP contribution in [-0.4, -0.2) is 40.1 Å². The summed E-state index contributed by atoms with van der Waals surface area (Å²) in [7, 11) is 0. The van der Waals surface area contributed by atoms with Gasteiger partial charge < -0.3 is 10.6 Å². The van der Waals surface area contributed by atoms with E-state index in [0.29, 0.717) is 12.3 Å². The molecule has 2 rings (SSSR count). The summed E-state index contributed by atoms with van der Waals surface area (Å²) in [5.41, 5.74) is 7.72. The van der Waals surface area contributed by atoms with Gasteiger partial charge in [0.1, 0.15) is 0 Å². The summed E-state index contributed by atoms with van der Waals surface area (Å²) in [6.45, 7) is 5.65. The lowest BCUT2D eigenvalue weighted by Crippen LogP contribution is -2.43. The van der Waals surface area contributed by atoms with Crippen LogP contribution < -0.4 is 5.73 Å². The maximum atomic E-state index is 12.1. The molecule has 19 heavy (non-hydrogen) atoms. The van der Waals surface area contributed by atoms with Crippen LogP contribution in [0.25, 0.3) is 0 Å². The Bertz CT molecular complexity index is 411. The molecule has 0 saturated carbocycles. The molecular formula is C13H23ClN4O. The first kappa shape index (κ1) is 16.0. The molecule has 1 atom stereocenters. The molecule has 0 bridgehead atoms. The van der Waals surface area contributed by atoms with Crippen molar-refractivity contribution in [3.8, 4) is 0 Å². The van der Waals surface area contributed by atoms with Gasteiger partial charge in [0.15, 0.2) is 0 Å². The van der Waals surface area contributed by atoms with Crippen molar-refractivity contribution in [1.29, 1.82) is 0 Å². The van der Waals surface area contributed by atoms with Gasteiger partial charge in [-0.05, 0) is 38.7 Å². The Morgan fingerprint density at radius 3 is 2.68 bits per heavy atom. The second kappa shape index (κ2) is 6.91. The number of carbonyl (C=O) groups excluding carboxylic acids is 1. The summed E-state index contributed by atoms with van der Waals surface area (Å²) in [6.07, 6.45) is 2.43. The molecule has 0 radical (unpaired) electrons. The van der Waals surface area contributed by atoms with Gasteiger partial charge in [-0.25, -0.2) is 0 Å². The van der Waals surface area contributed by atoms with E-state index in [1.807, 2.05) is 17.9 Å². The number of carbonyl (C=O) groups is 1. The Balaban J connectivity index is 0.00000180. The van der Waals surface area contributed by atoms with E-state index in [2.05, 4.69) is 17.1 Å². The van der Waals surface area contributed by atoms with Crippen molar-refractivity contribution in [3.63, 3.8) is 0 Å². The van der Waals surface area contributed by atoms with Crippen LogP contribution in [0.2, 0.25) is 0 Å². The first-order valence-corrected chi connectivity index (χ1v) is 6.60. The van der Waals surface area contributed by atoms with Gasteiger partial charge in [0.05, 0.1) is 12.1 Å². The van der Waals surface area contributed by atoms with Gasteiger partial charge >= 0.3 is 0 Å². The van der Waals surface area contributed by atoms with Crippen molar-refractivity contribution in [1.82, 2.24) is 15.1 Å². The topological polar surface area (TPSA) is 75.0 Å². The molecule has 108 valence electrons. The van der Waals surface area contributed by atoms with Crippen LogP contribution in [0.4, 0.5) is 0 Å². The van der Waals surface area contributed by atoms with E-state index < -0.39 is 0 Å². The highest BCUT2D eigenvalue weighted by molar-refractivity contribution is 5.85. The predicted octanol–water partition coefficient (Wildman–Crippen LogP) is 1.27. The van der Waals surface area contributed by atoms with E-state index in [0.717, 1.165) is 37.3 Å². The van der Waals surface area contributed by atoms with Gasteiger partial charge in [0.2, 0.25) is 5.91 Å². The Hall–Kier alpha value is -1.07. The molecular weight excluding hydrogens is 264 g/mol. The van der Waals surface area contributed by atoms with Gasteiger partial charge in [-0.15, -0.1) is 12.4 Å². The van der Waals surface area contributed by atoms with Crippen molar-refractivity contribution in [2.24, 2.45) is 11.7 Å². The molecule has 3 N–H and O–H groups in total. The first-order valence-electron chi connectivity index (χ1n) is 6.60. The van der Waals surface area contributed by atoms with Crippen LogP contribution >= 0.6 is 12.4 Å². The zero-order valence-electron chi connectivity index (χ0n) is 11.6. The van der Waals surface area contributed by atoms with E-state index >= 15 is 0 Å². The lowest BCUT2D eigenvalue weighted by molar-refractivity contribution is -0.132. The standard InChI is InChI=1S/C13H22N4O.ClH/c1-9-7-12(16-15-9)8-13(18)17-5-3-11(4-6-17)10(2)14;/h7,10-11H,3-6,8,14H2,1-2H3,(H,15,16);1H. The predicted molar refractivity (Wildman–Crippen MR) is 77.2 cm³/mol. The van der Waals surface area contributed by atoms with Crippen LogP contribution in [0.5, 0.6) is 0 Å². The minimum atomic E-state index is 0. The average molecular weight is 287 g/mol. The Morgan fingerprint density at radius 2 is 2.21 bits per heavy atom. The van der Waals surface area contributed by atoms with Crippen LogP contribution in [0.1, 0.15) is 31.2 Å². The van der Waals surface area contributed by atoms with Gasteiger partial charge in [-0.1, -0.05) is 0 Å². The molecule has 0 aliphatic carbocycles. The lowest BCUT2D eigenvalue weighted by atomic mass is 9.91. The van der Waals surface area contributed by atoms with Gasteiger partial charge in [0.25, 0.3) is 0 Å². The summed E-state index contributed by atoms with van der Waals surface area (Å²) in [5.74, 6) is 0.728. The van der Waals surface area contributed by atoms with Gasteiger partial charge in [-0.2, -0.15) is 5.10 Å². The summed E-state index contributed by atoms with van der Waals surface area (Å²) < 4.78 is 0. The second-order valence-corrected chi connectivity index (χ2v) is 5.30. The van der Waals surface area contributed by atoms with Gasteiger partial charge in [0, 0.05) is 24.8 Å². The van der Waals surface area contributed by atoms with Crippen molar-refractivity contribution < 1.29 is 4.79 Å². The number of rotatable bonds is 3. The van der Waals surface area contributed by atoms with Crippen molar-refractivity contribution >= 4 is 18.3 Å². The van der Waals surface area contributed by atoms with Gasteiger partial charge in [-0.3, -0.25) is 9.89 Å². The minimum absolute atomic E-state index is 0. The smallest absolute Gasteiger partial charge is 0.228 e. The number of aromatic amines is 1. The van der Waals surface area contributed by atoms with E-state index in [1.54, 1.807) is 0 Å². The number of hydrogen-bond donors (Lipinski definition) is 2. The number of piperidine rings is 1. The van der Waals surface area contributed by atoms with Crippen LogP contribution in [0, 0.1) is 12.8 Å². The summed E-state index contributed by atoms with van der Waals surface area (Å²) in [4.78, 5) is 14.0. The molecule has 0 aromatic carbocycles. The molecule has 0 spiro atoms. The molecule has 1 aliphatic heterocycles. The largest absolute Gasteiger partial charge is 0.342 e. The fourth-order valence-corrected chi connectivity index (χ4v) is 2.51. The number of nitrogens with two attached hydrogens (primary N) is 1. The molecule has 1 fully saturated rings. The number of aryl methyl sites for hydroxylation is 1. The number of halogens is 1. The molecule has 5 nitrogen and oxygen atoms in total. The SMILES string of the molecule is Cc1cc(CC(=O)N2CCC(C(C)N)CC2)n[nH]1.Cl. The highest BCUT2D eigenvalue weighted by Gasteiger charge is 2.24. The van der Waals surface area contributed by atoms with E-state index in [9.17, 15) is 4.79 Å². The summed E-state index contributed by atoms with van der Waals surface area (Å²) in [6, 6.07) is 2.16. The molecule has 1 amide bonds. The van der Waals surface area contributed by atoms with Crippen molar-refractivity contribution in [2.45, 2.75) is 39.2 Å². The molecule has 1 unspecified atom stereocenters. The minimum Gasteiger partial charge on any atom is -0.342 e. The highest BCUT2D eigenvalue weighted by Crippen LogP contribution is 2.20. The zero-order chi connectivity index (χ0) is 13.1. The van der Waals surface area contributed by atoms with E-state index in [4.69, 9.17) is 5.73 Å². The van der Waals surface area contributed by atoms with Crippen molar-refractivity contribution in [2.75, 3.05) is 13.1 Å². The quantitative estimate of drug-likeness (QED) is 0.879. The fourth-order valence-electron chi connectivity index (χ4n) is 2.51. The molecule has 1 aromatic heterocycles.